The Balaban J connectivity index is 2.20. The van der Waals surface area contributed by atoms with Gasteiger partial charge in [0.25, 0.3) is 5.91 Å². The van der Waals surface area contributed by atoms with Crippen molar-refractivity contribution in [2.75, 3.05) is 26.8 Å². The second-order valence-corrected chi connectivity index (χ2v) is 5.30. The number of carbonyl (C=O) groups is 1. The minimum Gasteiger partial charge on any atom is -0.381 e. The smallest absolute Gasteiger partial charge is 0.254 e. The summed E-state index contributed by atoms with van der Waals surface area (Å²) in [4.78, 5) is 14.5. The largest absolute Gasteiger partial charge is 0.381 e. The van der Waals surface area contributed by atoms with Crippen LogP contribution in [0, 0.1) is 18.8 Å². The summed E-state index contributed by atoms with van der Waals surface area (Å²) in [5.41, 5.74) is 7.90. The molecule has 1 aromatic carbocycles. The first-order chi connectivity index (χ1) is 10.1. The van der Waals surface area contributed by atoms with Gasteiger partial charge in [-0.15, -0.1) is 0 Å². The Morgan fingerprint density at radius 1 is 1.43 bits per heavy atom. The molecule has 0 bridgehead atoms. The monoisotopic (exact) mass is 286 g/mol. The zero-order valence-corrected chi connectivity index (χ0v) is 12.7. The number of hydrogen-bond donors (Lipinski definition) is 1. The normalized spacial score (nSPS) is 15.2. The molecule has 0 aliphatic carbocycles. The van der Waals surface area contributed by atoms with Crippen molar-refractivity contribution in [2.24, 2.45) is 5.73 Å². The van der Waals surface area contributed by atoms with Gasteiger partial charge < -0.3 is 15.4 Å². The van der Waals surface area contributed by atoms with Crippen molar-refractivity contribution in [2.45, 2.75) is 25.8 Å². The van der Waals surface area contributed by atoms with E-state index in [0.717, 1.165) is 37.2 Å². The molecule has 1 amide bonds. The lowest BCUT2D eigenvalue weighted by atomic mass is 10.0. The summed E-state index contributed by atoms with van der Waals surface area (Å²) in [6.07, 6.45) is 1.79. The van der Waals surface area contributed by atoms with Crippen LogP contribution in [-0.2, 0) is 4.74 Å². The molecular weight excluding hydrogens is 264 g/mol. The third-order valence-corrected chi connectivity index (χ3v) is 3.86. The Bertz CT molecular complexity index is 566. The van der Waals surface area contributed by atoms with Crippen LogP contribution in [0.25, 0.3) is 0 Å². The molecule has 1 saturated heterocycles. The minimum absolute atomic E-state index is 0.0517. The van der Waals surface area contributed by atoms with Gasteiger partial charge >= 0.3 is 0 Å². The summed E-state index contributed by atoms with van der Waals surface area (Å²) < 4.78 is 5.35. The van der Waals surface area contributed by atoms with E-state index in [1.807, 2.05) is 37.1 Å². The van der Waals surface area contributed by atoms with Crippen LogP contribution in [-0.4, -0.2) is 43.7 Å². The highest BCUT2D eigenvalue weighted by Gasteiger charge is 2.24. The first kappa shape index (κ1) is 15.6. The molecule has 0 unspecified atom stereocenters. The molecule has 1 heterocycles. The van der Waals surface area contributed by atoms with E-state index in [0.29, 0.717) is 12.1 Å². The van der Waals surface area contributed by atoms with Gasteiger partial charge in [0, 0.05) is 37.4 Å². The quantitative estimate of drug-likeness (QED) is 0.839. The van der Waals surface area contributed by atoms with Crippen molar-refractivity contribution in [3.05, 3.63) is 34.9 Å². The van der Waals surface area contributed by atoms with Crippen molar-refractivity contribution in [3.63, 3.8) is 0 Å². The highest BCUT2D eigenvalue weighted by Crippen LogP contribution is 2.18. The van der Waals surface area contributed by atoms with Gasteiger partial charge in [-0.3, -0.25) is 4.79 Å². The summed E-state index contributed by atoms with van der Waals surface area (Å²) in [5, 5.41) is 0. The van der Waals surface area contributed by atoms with Gasteiger partial charge in [0.2, 0.25) is 0 Å². The number of ether oxygens (including phenoxy) is 1. The maximum atomic E-state index is 12.7. The summed E-state index contributed by atoms with van der Waals surface area (Å²) in [6, 6.07) is 5.97. The van der Waals surface area contributed by atoms with E-state index >= 15 is 0 Å². The lowest BCUT2D eigenvalue weighted by Gasteiger charge is -2.31. The van der Waals surface area contributed by atoms with Crippen LogP contribution < -0.4 is 5.73 Å². The van der Waals surface area contributed by atoms with Crippen LogP contribution in [0.15, 0.2) is 18.2 Å². The lowest BCUT2D eigenvalue weighted by Crippen LogP contribution is -2.40. The molecule has 2 rings (SSSR count). The third kappa shape index (κ3) is 3.84. The molecule has 21 heavy (non-hydrogen) atoms. The minimum atomic E-state index is 0.0517. The summed E-state index contributed by atoms with van der Waals surface area (Å²) in [6.45, 7) is 3.72. The van der Waals surface area contributed by atoms with Crippen LogP contribution in [0.2, 0.25) is 0 Å². The Morgan fingerprint density at radius 2 is 2.14 bits per heavy atom. The molecule has 4 nitrogen and oxygen atoms in total. The number of amides is 1. The van der Waals surface area contributed by atoms with E-state index in [2.05, 4.69) is 11.8 Å². The van der Waals surface area contributed by atoms with Crippen LogP contribution in [0.4, 0.5) is 0 Å². The number of rotatable bonds is 2. The topological polar surface area (TPSA) is 55.6 Å². The van der Waals surface area contributed by atoms with E-state index in [1.165, 1.54) is 0 Å². The number of nitrogens with two attached hydrogens (primary N) is 1. The van der Waals surface area contributed by atoms with Gasteiger partial charge in [-0.1, -0.05) is 17.9 Å². The van der Waals surface area contributed by atoms with Gasteiger partial charge in [0.05, 0.1) is 6.54 Å². The summed E-state index contributed by atoms with van der Waals surface area (Å²) in [5.74, 6) is 5.85. The molecule has 2 N–H and O–H groups in total. The standard InChI is InChI=1S/C17H22N2O2/c1-13-5-6-14(4-3-9-18)12-16(13)17(20)19(2)15-7-10-21-11-8-15/h5-6,12,15H,7-11,18H2,1-2H3. The fourth-order valence-electron chi connectivity index (χ4n) is 2.51. The highest BCUT2D eigenvalue weighted by atomic mass is 16.5. The molecule has 1 aromatic rings. The predicted molar refractivity (Wildman–Crippen MR) is 83.0 cm³/mol. The molecule has 0 aromatic heterocycles. The van der Waals surface area contributed by atoms with Gasteiger partial charge in [0.15, 0.2) is 0 Å². The van der Waals surface area contributed by atoms with Gasteiger partial charge in [-0.2, -0.15) is 0 Å². The number of hydrogen-bond acceptors (Lipinski definition) is 3. The molecule has 1 fully saturated rings. The van der Waals surface area contributed by atoms with Crippen LogP contribution in [0.3, 0.4) is 0 Å². The van der Waals surface area contributed by atoms with Gasteiger partial charge in [0.1, 0.15) is 0 Å². The van der Waals surface area contributed by atoms with Crippen molar-refractivity contribution >= 4 is 5.91 Å². The fourth-order valence-corrected chi connectivity index (χ4v) is 2.51. The molecule has 0 saturated carbocycles. The van der Waals surface area contributed by atoms with E-state index in [4.69, 9.17) is 10.5 Å². The second-order valence-electron chi connectivity index (χ2n) is 5.30. The van der Waals surface area contributed by atoms with Crippen molar-refractivity contribution < 1.29 is 9.53 Å². The van der Waals surface area contributed by atoms with E-state index in [-0.39, 0.29) is 11.9 Å². The number of benzene rings is 1. The average Bonchev–Trinajstić information content (AvgIpc) is 2.53. The van der Waals surface area contributed by atoms with Crippen LogP contribution >= 0.6 is 0 Å². The Morgan fingerprint density at radius 3 is 2.81 bits per heavy atom. The Kier molecular flexibility index (Phi) is 5.38. The predicted octanol–water partition coefficient (Wildman–Crippen LogP) is 1.56. The number of aryl methyl sites for hydroxylation is 1. The molecular formula is C17H22N2O2. The summed E-state index contributed by atoms with van der Waals surface area (Å²) in [7, 11) is 1.87. The molecule has 1 aliphatic heterocycles. The SMILES string of the molecule is Cc1ccc(C#CCN)cc1C(=O)N(C)C1CCOCC1. The average molecular weight is 286 g/mol. The first-order valence-electron chi connectivity index (χ1n) is 7.28. The fraction of sp³-hybridized carbons (Fsp3) is 0.471. The number of nitrogens with zero attached hydrogens (tertiary/aromatic N) is 1. The number of carbonyl (C=O) groups excluding carboxylic acids is 1. The zero-order valence-electron chi connectivity index (χ0n) is 12.7. The van der Waals surface area contributed by atoms with Crippen LogP contribution in [0.1, 0.15) is 34.3 Å². The Hall–Kier alpha value is -1.83. The molecule has 0 spiro atoms. The van der Waals surface area contributed by atoms with E-state index in [9.17, 15) is 4.79 Å². The maximum absolute atomic E-state index is 12.7. The second kappa shape index (κ2) is 7.26. The first-order valence-corrected chi connectivity index (χ1v) is 7.28. The molecule has 1 aliphatic rings. The van der Waals surface area contributed by atoms with Crippen LogP contribution in [0.5, 0.6) is 0 Å². The van der Waals surface area contributed by atoms with Crippen molar-refractivity contribution in [1.82, 2.24) is 4.90 Å². The van der Waals surface area contributed by atoms with Gasteiger partial charge in [-0.25, -0.2) is 0 Å². The lowest BCUT2D eigenvalue weighted by molar-refractivity contribution is 0.0361. The third-order valence-electron chi connectivity index (χ3n) is 3.86. The Labute approximate surface area is 126 Å². The van der Waals surface area contributed by atoms with Crippen molar-refractivity contribution in [3.8, 4) is 11.8 Å². The molecule has 0 atom stereocenters. The molecule has 112 valence electrons. The summed E-state index contributed by atoms with van der Waals surface area (Å²) >= 11 is 0. The van der Waals surface area contributed by atoms with Crippen molar-refractivity contribution in [1.29, 1.82) is 0 Å². The van der Waals surface area contributed by atoms with Gasteiger partial charge in [-0.05, 0) is 37.5 Å². The highest BCUT2D eigenvalue weighted by molar-refractivity contribution is 5.96. The zero-order chi connectivity index (χ0) is 15.2. The molecule has 4 heteroatoms. The van der Waals surface area contributed by atoms with E-state index < -0.39 is 0 Å². The molecule has 0 radical (unpaired) electrons. The maximum Gasteiger partial charge on any atom is 0.254 e. The van der Waals surface area contributed by atoms with E-state index in [1.54, 1.807) is 0 Å².